The van der Waals surface area contributed by atoms with E-state index in [2.05, 4.69) is 19.2 Å². The van der Waals surface area contributed by atoms with Crippen molar-refractivity contribution in [2.24, 2.45) is 5.92 Å². The summed E-state index contributed by atoms with van der Waals surface area (Å²) in [5.74, 6) is -0.384. The molecule has 0 aromatic heterocycles. The normalized spacial score (nSPS) is 13.1. The van der Waals surface area contributed by atoms with Gasteiger partial charge in [-0.25, -0.2) is 8.78 Å². The van der Waals surface area contributed by atoms with Crippen molar-refractivity contribution < 1.29 is 8.78 Å². The molecule has 1 nitrogen and oxygen atoms in total. The number of hydrogen-bond acceptors (Lipinski definition) is 1. The van der Waals surface area contributed by atoms with Crippen molar-refractivity contribution in [1.82, 2.24) is 5.32 Å². The number of nitrogens with one attached hydrogen (secondary N) is 1. The molecule has 0 aliphatic heterocycles. The molecule has 1 aromatic rings. The van der Waals surface area contributed by atoms with E-state index >= 15 is 0 Å². The molecule has 1 aromatic carbocycles. The zero-order valence-electron chi connectivity index (χ0n) is 11.7. The van der Waals surface area contributed by atoms with Gasteiger partial charge in [0.05, 0.1) is 0 Å². The molecule has 0 radical (unpaired) electrons. The van der Waals surface area contributed by atoms with Crippen molar-refractivity contribution in [2.45, 2.75) is 46.1 Å². The van der Waals surface area contributed by atoms with Crippen molar-refractivity contribution in [1.29, 1.82) is 0 Å². The van der Waals surface area contributed by atoms with Crippen LogP contribution >= 0.6 is 0 Å². The van der Waals surface area contributed by atoms with Crippen molar-refractivity contribution in [3.05, 3.63) is 34.9 Å². The van der Waals surface area contributed by atoms with Crippen LogP contribution in [0.15, 0.2) is 12.1 Å². The minimum absolute atomic E-state index is 0.185. The van der Waals surface area contributed by atoms with Crippen molar-refractivity contribution >= 4 is 0 Å². The van der Waals surface area contributed by atoms with Crippen LogP contribution in [0.5, 0.6) is 0 Å². The molecule has 0 saturated heterocycles. The van der Waals surface area contributed by atoms with E-state index in [1.165, 1.54) is 12.1 Å². The number of hydrogen-bond donors (Lipinski definition) is 1. The summed E-state index contributed by atoms with van der Waals surface area (Å²) in [5.41, 5.74) is 0.681. The lowest BCUT2D eigenvalue weighted by atomic mass is 9.90. The zero-order valence-corrected chi connectivity index (χ0v) is 11.7. The second-order valence-corrected chi connectivity index (χ2v) is 4.85. The Hall–Kier alpha value is -0.960. The van der Waals surface area contributed by atoms with Crippen molar-refractivity contribution in [3.8, 4) is 0 Å². The molecule has 1 atom stereocenters. The van der Waals surface area contributed by atoms with Gasteiger partial charge in [-0.3, -0.25) is 0 Å². The summed E-state index contributed by atoms with van der Waals surface area (Å²) in [6.45, 7) is 5.90. The van der Waals surface area contributed by atoms with Gasteiger partial charge in [0.25, 0.3) is 0 Å². The average molecular weight is 255 g/mol. The monoisotopic (exact) mass is 255 g/mol. The first-order valence-electron chi connectivity index (χ1n) is 6.66. The molecule has 1 rings (SSSR count). The van der Waals surface area contributed by atoms with E-state index in [0.29, 0.717) is 11.5 Å². The average Bonchev–Trinajstić information content (AvgIpc) is 2.38. The van der Waals surface area contributed by atoms with E-state index in [1.807, 2.05) is 0 Å². The maximum Gasteiger partial charge on any atom is 0.133 e. The summed E-state index contributed by atoms with van der Waals surface area (Å²) in [6, 6.07) is 2.58. The van der Waals surface area contributed by atoms with Crippen LogP contribution in [0.3, 0.4) is 0 Å². The van der Waals surface area contributed by atoms with Crippen molar-refractivity contribution in [3.63, 3.8) is 0 Å². The molecule has 0 heterocycles. The van der Waals surface area contributed by atoms with Gasteiger partial charge in [0.1, 0.15) is 11.6 Å². The minimum Gasteiger partial charge on any atom is -0.313 e. The van der Waals surface area contributed by atoms with Crippen LogP contribution in [0, 0.1) is 24.5 Å². The number of benzene rings is 1. The van der Waals surface area contributed by atoms with Gasteiger partial charge >= 0.3 is 0 Å². The van der Waals surface area contributed by atoms with Gasteiger partial charge in [-0.1, -0.05) is 32.8 Å². The van der Waals surface area contributed by atoms with Gasteiger partial charge in [0.2, 0.25) is 0 Å². The number of rotatable bonds is 6. The van der Waals surface area contributed by atoms with Crippen LogP contribution in [0.2, 0.25) is 0 Å². The van der Waals surface area contributed by atoms with Crippen molar-refractivity contribution in [2.75, 3.05) is 7.05 Å². The summed E-state index contributed by atoms with van der Waals surface area (Å²) < 4.78 is 27.9. The SMILES string of the molecule is CCC(CC)CC(NC)c1c(F)ccc(C)c1F. The van der Waals surface area contributed by atoms with Gasteiger partial charge in [0.15, 0.2) is 0 Å². The summed E-state index contributed by atoms with van der Waals surface area (Å²) >= 11 is 0. The van der Waals surface area contributed by atoms with Crippen LogP contribution < -0.4 is 5.32 Å². The largest absolute Gasteiger partial charge is 0.313 e. The Balaban J connectivity index is 3.05. The molecule has 0 saturated carbocycles. The van der Waals surface area contributed by atoms with Gasteiger partial charge in [-0.2, -0.15) is 0 Å². The van der Waals surface area contributed by atoms with E-state index in [1.54, 1.807) is 14.0 Å². The Kier molecular flexibility index (Phi) is 5.73. The molecule has 102 valence electrons. The molecule has 3 heteroatoms. The highest BCUT2D eigenvalue weighted by atomic mass is 19.1. The van der Waals surface area contributed by atoms with Crippen LogP contribution in [0.1, 0.15) is 50.3 Å². The van der Waals surface area contributed by atoms with E-state index in [0.717, 1.165) is 19.3 Å². The van der Waals surface area contributed by atoms with Gasteiger partial charge in [-0.05, 0) is 37.9 Å². The fraction of sp³-hybridized carbons (Fsp3) is 0.600. The lowest BCUT2D eigenvalue weighted by Crippen LogP contribution is -2.22. The number of halogens is 2. The van der Waals surface area contributed by atoms with Gasteiger partial charge in [0, 0.05) is 11.6 Å². The Labute approximate surface area is 109 Å². The molecular weight excluding hydrogens is 232 g/mol. The summed E-state index contributed by atoms with van der Waals surface area (Å²) in [4.78, 5) is 0. The third-order valence-corrected chi connectivity index (χ3v) is 3.74. The topological polar surface area (TPSA) is 12.0 Å². The summed E-state index contributed by atoms with van der Waals surface area (Å²) in [6.07, 6.45) is 2.83. The van der Waals surface area contributed by atoms with Crippen LogP contribution in [0.25, 0.3) is 0 Å². The van der Waals surface area contributed by atoms with E-state index in [4.69, 9.17) is 0 Å². The van der Waals surface area contributed by atoms with Gasteiger partial charge in [-0.15, -0.1) is 0 Å². The quantitative estimate of drug-likeness (QED) is 0.796. The molecule has 0 bridgehead atoms. The zero-order chi connectivity index (χ0) is 13.7. The Morgan fingerprint density at radius 2 is 1.78 bits per heavy atom. The standard InChI is InChI=1S/C15H23F2N/c1-5-11(6-2)9-13(18-4)14-12(16)8-7-10(3)15(14)17/h7-8,11,13,18H,5-6,9H2,1-4H3. The Morgan fingerprint density at radius 3 is 2.28 bits per heavy atom. The second kappa shape index (κ2) is 6.83. The lowest BCUT2D eigenvalue weighted by Gasteiger charge is -2.23. The summed E-state index contributed by atoms with van der Waals surface area (Å²) in [7, 11) is 1.76. The molecule has 1 unspecified atom stereocenters. The third kappa shape index (κ3) is 3.29. The van der Waals surface area contributed by atoms with E-state index < -0.39 is 11.6 Å². The van der Waals surface area contributed by atoms with E-state index in [9.17, 15) is 8.78 Å². The fourth-order valence-corrected chi connectivity index (χ4v) is 2.33. The molecule has 0 fully saturated rings. The summed E-state index contributed by atoms with van der Waals surface area (Å²) in [5, 5.41) is 3.05. The molecular formula is C15H23F2N. The first-order valence-corrected chi connectivity index (χ1v) is 6.66. The molecule has 18 heavy (non-hydrogen) atoms. The highest BCUT2D eigenvalue weighted by molar-refractivity contribution is 5.29. The maximum atomic E-state index is 14.1. The fourth-order valence-electron chi connectivity index (χ4n) is 2.33. The minimum atomic E-state index is -0.455. The van der Waals surface area contributed by atoms with Crippen LogP contribution in [0.4, 0.5) is 8.78 Å². The van der Waals surface area contributed by atoms with E-state index in [-0.39, 0.29) is 11.6 Å². The van der Waals surface area contributed by atoms with Crippen LogP contribution in [-0.2, 0) is 0 Å². The Morgan fingerprint density at radius 1 is 1.17 bits per heavy atom. The highest BCUT2D eigenvalue weighted by Gasteiger charge is 2.22. The first-order chi connectivity index (χ1) is 8.54. The lowest BCUT2D eigenvalue weighted by molar-refractivity contribution is 0.368. The number of aryl methyl sites for hydroxylation is 1. The molecule has 0 amide bonds. The molecule has 0 aliphatic carbocycles. The molecule has 0 aliphatic rings. The molecule has 0 spiro atoms. The van der Waals surface area contributed by atoms with Crippen LogP contribution in [-0.4, -0.2) is 7.05 Å². The maximum absolute atomic E-state index is 14.1. The second-order valence-electron chi connectivity index (χ2n) is 4.85. The smallest absolute Gasteiger partial charge is 0.133 e. The Bertz CT molecular complexity index is 386. The highest BCUT2D eigenvalue weighted by Crippen LogP contribution is 2.29. The molecule has 1 N–H and O–H groups in total. The third-order valence-electron chi connectivity index (χ3n) is 3.74. The first kappa shape index (κ1) is 15.1. The predicted octanol–water partition coefficient (Wildman–Crippen LogP) is 4.36. The predicted molar refractivity (Wildman–Crippen MR) is 71.6 cm³/mol. The van der Waals surface area contributed by atoms with Gasteiger partial charge < -0.3 is 5.32 Å².